The Morgan fingerprint density at radius 1 is 1.07 bits per heavy atom. The monoisotopic (exact) mass is 224 g/mol. The third-order valence-electron chi connectivity index (χ3n) is 3.17. The maximum absolute atomic E-state index is 12.6. The van der Waals surface area contributed by atoms with Gasteiger partial charge in [-0.2, -0.15) is 13.2 Å². The zero-order chi connectivity index (χ0) is 11.9. The maximum Gasteiger partial charge on any atom is 0.406 e. The second kappa shape index (κ2) is 3.63. The molecule has 1 rings (SSSR count). The summed E-state index contributed by atoms with van der Waals surface area (Å²) in [6.07, 6.45) is -4.29. The summed E-state index contributed by atoms with van der Waals surface area (Å²) < 4.78 is 37.8. The third-order valence-corrected chi connectivity index (χ3v) is 3.17. The molecule has 1 heterocycles. The Bertz CT molecular complexity index is 222. The Morgan fingerprint density at radius 3 is 1.73 bits per heavy atom. The molecule has 0 spiro atoms. The molecule has 0 bridgehead atoms. The molecule has 0 aromatic heterocycles. The van der Waals surface area contributed by atoms with E-state index in [1.54, 1.807) is 0 Å². The Morgan fingerprint density at radius 2 is 1.47 bits per heavy atom. The Balaban J connectivity index is 2.64. The molecular weight excluding hydrogens is 205 g/mol. The fourth-order valence-corrected chi connectivity index (χ4v) is 1.86. The van der Waals surface area contributed by atoms with Crippen molar-refractivity contribution in [2.45, 2.75) is 50.9 Å². The first-order valence-electron chi connectivity index (χ1n) is 5.17. The molecule has 0 unspecified atom stereocenters. The normalized spacial score (nSPS) is 24.2. The van der Waals surface area contributed by atoms with Crippen LogP contribution in [-0.2, 0) is 0 Å². The molecular formula is C10H19F3N2. The van der Waals surface area contributed by atoms with Crippen molar-refractivity contribution in [3.63, 3.8) is 0 Å². The highest BCUT2D eigenvalue weighted by Crippen LogP contribution is 2.37. The first-order chi connectivity index (χ1) is 6.56. The van der Waals surface area contributed by atoms with E-state index in [1.165, 1.54) is 0 Å². The lowest BCUT2D eigenvalue weighted by molar-refractivity contribution is -0.199. The largest absolute Gasteiger partial charge is 0.406 e. The summed E-state index contributed by atoms with van der Waals surface area (Å²) in [7, 11) is 0. The maximum atomic E-state index is 12.6. The molecule has 2 N–H and O–H groups in total. The Kier molecular flexibility index (Phi) is 3.09. The van der Waals surface area contributed by atoms with E-state index in [0.717, 1.165) is 0 Å². The van der Waals surface area contributed by atoms with Gasteiger partial charge in [0.25, 0.3) is 0 Å². The van der Waals surface area contributed by atoms with Crippen molar-refractivity contribution >= 4 is 0 Å². The fraction of sp³-hybridized carbons (Fsp3) is 1.00. The summed E-state index contributed by atoms with van der Waals surface area (Å²) >= 11 is 0. The molecule has 15 heavy (non-hydrogen) atoms. The zero-order valence-electron chi connectivity index (χ0n) is 9.49. The molecule has 0 radical (unpaired) electrons. The topological polar surface area (TPSA) is 29.3 Å². The van der Waals surface area contributed by atoms with Crippen molar-refractivity contribution in [1.29, 1.82) is 0 Å². The van der Waals surface area contributed by atoms with Crippen molar-refractivity contribution in [1.82, 2.24) is 4.90 Å². The van der Waals surface area contributed by atoms with Crippen molar-refractivity contribution < 1.29 is 13.2 Å². The van der Waals surface area contributed by atoms with Crippen LogP contribution in [0.4, 0.5) is 13.2 Å². The summed E-state index contributed by atoms with van der Waals surface area (Å²) in [6, 6.07) is 0. The second-order valence-electron chi connectivity index (χ2n) is 5.31. The van der Waals surface area contributed by atoms with Crippen molar-refractivity contribution in [3.8, 4) is 0 Å². The van der Waals surface area contributed by atoms with Gasteiger partial charge in [-0.05, 0) is 33.6 Å². The van der Waals surface area contributed by atoms with Gasteiger partial charge in [-0.1, -0.05) is 0 Å². The molecule has 90 valence electrons. The van der Waals surface area contributed by atoms with Crippen LogP contribution in [0.15, 0.2) is 0 Å². The average Bonchev–Trinajstić information content (AvgIpc) is 2.01. The third kappa shape index (κ3) is 2.64. The van der Waals surface area contributed by atoms with Gasteiger partial charge in [-0.15, -0.1) is 0 Å². The van der Waals surface area contributed by atoms with Crippen molar-refractivity contribution in [3.05, 3.63) is 0 Å². The fourth-order valence-electron chi connectivity index (χ4n) is 1.86. The second-order valence-corrected chi connectivity index (χ2v) is 5.31. The molecule has 1 saturated heterocycles. The molecule has 5 heteroatoms. The highest BCUT2D eigenvalue weighted by Gasteiger charge is 2.53. The highest BCUT2D eigenvalue weighted by molar-refractivity contribution is 4.98. The molecule has 0 atom stereocenters. The standard InChI is InChI=1S/C10H19F3N2/c1-8(2,3)15-6-4-9(14,5-7-15)10(11,12)13/h4-7,14H2,1-3H3. The number of hydrogen-bond acceptors (Lipinski definition) is 2. The number of hydrogen-bond donors (Lipinski definition) is 1. The van der Waals surface area contributed by atoms with Gasteiger partial charge in [-0.3, -0.25) is 4.90 Å². The number of likely N-dealkylation sites (tertiary alicyclic amines) is 1. The molecule has 0 saturated carbocycles. The summed E-state index contributed by atoms with van der Waals surface area (Å²) in [6.45, 7) is 6.84. The van der Waals surface area contributed by atoms with Gasteiger partial charge < -0.3 is 5.73 Å². The first-order valence-corrected chi connectivity index (χ1v) is 5.17. The molecule has 0 amide bonds. The van der Waals surface area contributed by atoms with E-state index in [4.69, 9.17) is 5.73 Å². The lowest BCUT2D eigenvalue weighted by Gasteiger charge is -2.45. The summed E-state index contributed by atoms with van der Waals surface area (Å²) in [5.74, 6) is 0. The van der Waals surface area contributed by atoms with Gasteiger partial charge in [0.1, 0.15) is 5.54 Å². The molecule has 2 nitrogen and oxygen atoms in total. The number of rotatable bonds is 0. The van der Waals surface area contributed by atoms with E-state index in [-0.39, 0.29) is 18.4 Å². The zero-order valence-corrected chi connectivity index (χ0v) is 9.49. The quantitative estimate of drug-likeness (QED) is 0.683. The van der Waals surface area contributed by atoms with Crippen LogP contribution in [0, 0.1) is 0 Å². The SMILES string of the molecule is CC(C)(C)N1CCC(N)(C(F)(F)F)CC1. The lowest BCUT2D eigenvalue weighted by atomic mass is 9.86. The molecule has 1 fully saturated rings. The highest BCUT2D eigenvalue weighted by atomic mass is 19.4. The van der Waals surface area contributed by atoms with Crippen LogP contribution in [0.5, 0.6) is 0 Å². The minimum atomic E-state index is -4.28. The van der Waals surface area contributed by atoms with Crippen LogP contribution in [0.1, 0.15) is 33.6 Å². The average molecular weight is 224 g/mol. The smallest absolute Gasteiger partial charge is 0.318 e. The van der Waals surface area contributed by atoms with Gasteiger partial charge in [0.05, 0.1) is 0 Å². The van der Waals surface area contributed by atoms with Crippen LogP contribution in [0.2, 0.25) is 0 Å². The number of alkyl halides is 3. The summed E-state index contributed by atoms with van der Waals surface area (Å²) in [4.78, 5) is 2.05. The van der Waals surface area contributed by atoms with Crippen LogP contribution in [-0.4, -0.2) is 35.2 Å². The minimum absolute atomic E-state index is 0.00618. The number of piperidine rings is 1. The summed E-state index contributed by atoms with van der Waals surface area (Å²) in [5.41, 5.74) is 3.34. The van der Waals surface area contributed by atoms with E-state index in [2.05, 4.69) is 0 Å². The molecule has 1 aliphatic heterocycles. The van der Waals surface area contributed by atoms with E-state index < -0.39 is 11.7 Å². The van der Waals surface area contributed by atoms with Gasteiger partial charge in [0.2, 0.25) is 0 Å². The van der Waals surface area contributed by atoms with Gasteiger partial charge in [0, 0.05) is 18.6 Å². The molecule has 0 aromatic carbocycles. The molecule has 0 aliphatic carbocycles. The van der Waals surface area contributed by atoms with Gasteiger partial charge in [0.15, 0.2) is 0 Å². The van der Waals surface area contributed by atoms with Gasteiger partial charge in [-0.25, -0.2) is 0 Å². The van der Waals surface area contributed by atoms with Crippen LogP contribution in [0.25, 0.3) is 0 Å². The molecule has 0 aromatic rings. The predicted octanol–water partition coefficient (Wildman–Crippen LogP) is 2.14. The Labute approximate surface area is 88.6 Å². The number of halogens is 3. The van der Waals surface area contributed by atoms with Crippen LogP contribution < -0.4 is 5.73 Å². The number of nitrogens with zero attached hydrogens (tertiary/aromatic N) is 1. The van der Waals surface area contributed by atoms with E-state index >= 15 is 0 Å². The van der Waals surface area contributed by atoms with E-state index in [9.17, 15) is 13.2 Å². The van der Waals surface area contributed by atoms with E-state index in [0.29, 0.717) is 13.1 Å². The predicted molar refractivity (Wildman–Crippen MR) is 53.5 cm³/mol. The lowest BCUT2D eigenvalue weighted by Crippen LogP contribution is -2.61. The van der Waals surface area contributed by atoms with E-state index in [1.807, 2.05) is 25.7 Å². The van der Waals surface area contributed by atoms with Crippen molar-refractivity contribution in [2.75, 3.05) is 13.1 Å². The number of nitrogens with two attached hydrogens (primary N) is 1. The van der Waals surface area contributed by atoms with Gasteiger partial charge >= 0.3 is 6.18 Å². The first kappa shape index (κ1) is 12.8. The Hall–Kier alpha value is -0.290. The van der Waals surface area contributed by atoms with Crippen LogP contribution in [0.3, 0.4) is 0 Å². The van der Waals surface area contributed by atoms with Crippen molar-refractivity contribution in [2.24, 2.45) is 5.73 Å². The van der Waals surface area contributed by atoms with Crippen LogP contribution >= 0.6 is 0 Å². The molecule has 1 aliphatic rings. The minimum Gasteiger partial charge on any atom is -0.318 e. The summed E-state index contributed by atoms with van der Waals surface area (Å²) in [5, 5.41) is 0.